The van der Waals surface area contributed by atoms with Crippen molar-refractivity contribution in [1.82, 2.24) is 0 Å². The highest BCUT2D eigenvalue weighted by Crippen LogP contribution is 2.39. The van der Waals surface area contributed by atoms with Crippen molar-refractivity contribution in [2.24, 2.45) is 0 Å². The van der Waals surface area contributed by atoms with Crippen molar-refractivity contribution < 1.29 is 24.1 Å². The smallest absolute Gasteiger partial charge is 0.429 e. The Kier molecular flexibility index (Phi) is 2.78. The Balaban J connectivity index is 2.58. The standard InChI is InChI=1S/C12H8ClF3O2/c1-6-2-9(13)4-7-3-8(5-17)11(12(14,15)16)18-10(6)7/h2-5,11H,1H3/t11-/m0/s1/i1D. The first-order valence-corrected chi connectivity index (χ1v) is 5.26. The van der Waals surface area contributed by atoms with E-state index in [-0.39, 0.29) is 35.1 Å². The van der Waals surface area contributed by atoms with E-state index in [0.717, 1.165) is 6.08 Å². The molecule has 1 aromatic rings. The van der Waals surface area contributed by atoms with Gasteiger partial charge < -0.3 is 4.74 Å². The third kappa shape index (κ3) is 2.22. The van der Waals surface area contributed by atoms with E-state index < -0.39 is 17.9 Å². The fourth-order valence-electron chi connectivity index (χ4n) is 1.72. The molecule has 0 unspecified atom stereocenters. The molecule has 0 radical (unpaired) electrons. The molecule has 96 valence electrons. The number of carbonyl (C=O) groups excluding carboxylic acids is 1. The third-order valence-electron chi connectivity index (χ3n) is 2.45. The highest BCUT2D eigenvalue weighted by atomic mass is 35.5. The monoisotopic (exact) mass is 277 g/mol. The van der Waals surface area contributed by atoms with E-state index >= 15 is 0 Å². The summed E-state index contributed by atoms with van der Waals surface area (Å²) in [6.45, 7) is -0.266. The van der Waals surface area contributed by atoms with Gasteiger partial charge in [-0.15, -0.1) is 0 Å². The molecule has 1 atom stereocenters. The van der Waals surface area contributed by atoms with Gasteiger partial charge in [0.15, 0.2) is 0 Å². The average Bonchev–Trinajstić information content (AvgIpc) is 2.34. The van der Waals surface area contributed by atoms with Crippen LogP contribution in [-0.2, 0) is 4.79 Å². The van der Waals surface area contributed by atoms with E-state index in [4.69, 9.17) is 17.7 Å². The fraction of sp³-hybridized carbons (Fsp3) is 0.250. The van der Waals surface area contributed by atoms with Crippen LogP contribution in [-0.4, -0.2) is 18.6 Å². The Morgan fingerprint density at radius 1 is 1.50 bits per heavy atom. The van der Waals surface area contributed by atoms with Gasteiger partial charge in [0.2, 0.25) is 6.10 Å². The molecule has 6 heteroatoms. The highest BCUT2D eigenvalue weighted by Gasteiger charge is 2.46. The number of aldehydes is 1. The molecule has 1 aromatic carbocycles. The van der Waals surface area contributed by atoms with Crippen molar-refractivity contribution in [2.45, 2.75) is 19.2 Å². The van der Waals surface area contributed by atoms with Gasteiger partial charge in [0.1, 0.15) is 12.0 Å². The summed E-state index contributed by atoms with van der Waals surface area (Å²) in [7, 11) is 0. The molecule has 0 N–H and O–H groups in total. The molecular weight excluding hydrogens is 269 g/mol. The number of rotatable bonds is 1. The van der Waals surface area contributed by atoms with Gasteiger partial charge in [-0.3, -0.25) is 4.79 Å². The number of hydrogen-bond acceptors (Lipinski definition) is 2. The zero-order valence-corrected chi connectivity index (χ0v) is 9.68. The summed E-state index contributed by atoms with van der Waals surface area (Å²) in [5.74, 6) is -0.0488. The van der Waals surface area contributed by atoms with Crippen LogP contribution in [0.15, 0.2) is 17.7 Å². The number of ether oxygens (including phenoxy) is 1. The lowest BCUT2D eigenvalue weighted by Crippen LogP contribution is -2.38. The van der Waals surface area contributed by atoms with E-state index in [1.807, 2.05) is 0 Å². The molecule has 1 heterocycles. The molecule has 18 heavy (non-hydrogen) atoms. The molecule has 0 aliphatic carbocycles. The van der Waals surface area contributed by atoms with Crippen molar-refractivity contribution >= 4 is 24.0 Å². The van der Waals surface area contributed by atoms with Crippen molar-refractivity contribution in [3.8, 4) is 5.75 Å². The molecule has 2 nitrogen and oxygen atoms in total. The normalized spacial score (nSPS) is 19.4. The largest absolute Gasteiger partial charge is 0.475 e. The van der Waals surface area contributed by atoms with Gasteiger partial charge >= 0.3 is 6.18 Å². The van der Waals surface area contributed by atoms with Gasteiger partial charge in [-0.2, -0.15) is 13.2 Å². The molecular formula is C12H8ClF3O2. The third-order valence-corrected chi connectivity index (χ3v) is 2.67. The Labute approximate surface area is 107 Å². The van der Waals surface area contributed by atoms with Crippen molar-refractivity contribution in [2.75, 3.05) is 0 Å². The molecule has 0 spiro atoms. The number of alkyl halides is 3. The highest BCUT2D eigenvalue weighted by molar-refractivity contribution is 6.30. The Morgan fingerprint density at radius 3 is 2.78 bits per heavy atom. The first-order valence-electron chi connectivity index (χ1n) is 5.59. The number of aryl methyl sites for hydroxylation is 1. The lowest BCUT2D eigenvalue weighted by atomic mass is 10.00. The van der Waals surface area contributed by atoms with Crippen LogP contribution in [0, 0.1) is 6.90 Å². The van der Waals surface area contributed by atoms with Crippen LogP contribution < -0.4 is 4.74 Å². The molecule has 0 bridgehead atoms. The molecule has 0 amide bonds. The van der Waals surface area contributed by atoms with Crippen LogP contribution in [0.2, 0.25) is 5.02 Å². The number of halogens is 4. The minimum atomic E-state index is -4.69. The lowest BCUT2D eigenvalue weighted by Gasteiger charge is -2.27. The summed E-state index contributed by atoms with van der Waals surface area (Å²) in [5, 5.41) is 0.275. The number of fused-ring (bicyclic) bond motifs is 1. The Bertz CT molecular complexity index is 555. The quantitative estimate of drug-likeness (QED) is 0.734. The van der Waals surface area contributed by atoms with Crippen molar-refractivity contribution in [3.63, 3.8) is 0 Å². The van der Waals surface area contributed by atoms with Crippen molar-refractivity contribution in [1.29, 1.82) is 0 Å². The number of hydrogen-bond donors (Lipinski definition) is 0. The second-order valence-corrected chi connectivity index (χ2v) is 4.22. The van der Waals surface area contributed by atoms with Crippen LogP contribution in [0.25, 0.3) is 6.08 Å². The average molecular weight is 278 g/mol. The SMILES string of the molecule is [2H]Cc1cc(Cl)cc2c1O[C@H](C(F)(F)F)C(C=O)=C2. The maximum absolute atomic E-state index is 12.8. The topological polar surface area (TPSA) is 26.3 Å². The summed E-state index contributed by atoms with van der Waals surface area (Å²) in [6.07, 6.45) is -5.79. The summed E-state index contributed by atoms with van der Waals surface area (Å²) in [4.78, 5) is 10.7. The summed E-state index contributed by atoms with van der Waals surface area (Å²) < 4.78 is 50.5. The van der Waals surface area contributed by atoms with Gasteiger partial charge in [0.25, 0.3) is 0 Å². The Morgan fingerprint density at radius 2 is 2.22 bits per heavy atom. The van der Waals surface area contributed by atoms with E-state index in [1.165, 1.54) is 12.1 Å². The van der Waals surface area contributed by atoms with Crippen LogP contribution >= 0.6 is 11.6 Å². The van der Waals surface area contributed by atoms with Crippen LogP contribution in [0.5, 0.6) is 5.75 Å². The minimum Gasteiger partial charge on any atom is -0.475 e. The lowest BCUT2D eigenvalue weighted by molar-refractivity contribution is -0.184. The first kappa shape index (κ1) is 11.6. The second kappa shape index (κ2) is 4.31. The molecule has 1 aliphatic rings. The molecule has 0 saturated carbocycles. The maximum Gasteiger partial charge on any atom is 0.429 e. The summed E-state index contributed by atoms with van der Waals surface area (Å²) in [6, 6.07) is 2.77. The van der Waals surface area contributed by atoms with Gasteiger partial charge in [-0.25, -0.2) is 0 Å². The van der Waals surface area contributed by atoms with Gasteiger partial charge in [0, 0.05) is 17.5 Å². The summed E-state index contributed by atoms with van der Waals surface area (Å²) in [5.41, 5.74) is 0.00787. The van der Waals surface area contributed by atoms with E-state index in [1.54, 1.807) is 0 Å². The van der Waals surface area contributed by atoms with Gasteiger partial charge in [0.05, 0.1) is 0 Å². The van der Waals surface area contributed by atoms with E-state index in [2.05, 4.69) is 0 Å². The first-order chi connectivity index (χ1) is 8.86. The van der Waals surface area contributed by atoms with E-state index in [9.17, 15) is 18.0 Å². The molecule has 1 aliphatic heterocycles. The van der Waals surface area contributed by atoms with Crippen LogP contribution in [0.4, 0.5) is 13.2 Å². The molecule has 0 fully saturated rings. The Hall–Kier alpha value is -1.49. The number of benzene rings is 1. The second-order valence-electron chi connectivity index (χ2n) is 3.78. The predicted octanol–water partition coefficient (Wildman–Crippen LogP) is 3.55. The van der Waals surface area contributed by atoms with Crippen LogP contribution in [0.1, 0.15) is 12.5 Å². The fourth-order valence-corrected chi connectivity index (χ4v) is 1.97. The zero-order valence-electron chi connectivity index (χ0n) is 9.92. The van der Waals surface area contributed by atoms with Crippen molar-refractivity contribution in [3.05, 3.63) is 33.9 Å². The maximum atomic E-state index is 12.8. The van der Waals surface area contributed by atoms with E-state index in [0.29, 0.717) is 0 Å². The number of carbonyl (C=O) groups is 1. The minimum absolute atomic E-state index is 0.0488. The molecule has 0 aromatic heterocycles. The zero-order chi connectivity index (χ0) is 14.2. The van der Waals surface area contributed by atoms with Crippen LogP contribution in [0.3, 0.4) is 0 Å². The molecule has 0 saturated heterocycles. The predicted molar refractivity (Wildman–Crippen MR) is 60.7 cm³/mol. The van der Waals surface area contributed by atoms with Gasteiger partial charge in [-0.05, 0) is 30.7 Å². The summed E-state index contributed by atoms with van der Waals surface area (Å²) >= 11 is 5.80. The van der Waals surface area contributed by atoms with Gasteiger partial charge in [-0.1, -0.05) is 11.6 Å². The molecule has 2 rings (SSSR count).